The van der Waals surface area contributed by atoms with Crippen LogP contribution in [0.4, 0.5) is 0 Å². The van der Waals surface area contributed by atoms with Crippen LogP contribution in [0.5, 0.6) is 5.75 Å². The van der Waals surface area contributed by atoms with Gasteiger partial charge >= 0.3 is 0 Å². The third-order valence-electron chi connectivity index (χ3n) is 3.47. The molecule has 0 radical (unpaired) electrons. The minimum atomic E-state index is 0.901. The van der Waals surface area contributed by atoms with Crippen LogP contribution in [-0.4, -0.2) is 7.11 Å². The Labute approximate surface area is 113 Å². The first-order valence-electron chi connectivity index (χ1n) is 6.46. The van der Waals surface area contributed by atoms with E-state index < -0.39 is 0 Å². The lowest BCUT2D eigenvalue weighted by Crippen LogP contribution is -1.86. The summed E-state index contributed by atoms with van der Waals surface area (Å²) in [4.78, 5) is 0. The molecule has 1 aliphatic rings. The fraction of sp³-hybridized carbons (Fsp3) is 0.111. The van der Waals surface area contributed by atoms with Crippen LogP contribution >= 0.6 is 0 Å². The van der Waals surface area contributed by atoms with Crippen LogP contribution in [0.2, 0.25) is 0 Å². The predicted octanol–water partition coefficient (Wildman–Crippen LogP) is 4.57. The Morgan fingerprint density at radius 3 is 1.89 bits per heavy atom. The Kier molecular flexibility index (Phi) is 3.20. The standard InChI is InChI=1S/C18H16O/c1-19-18-11-9-15(10-12-18)17-8-7-16(13-17)14-5-3-2-4-6-14/h2-12H,13H2,1H3. The number of benzene rings is 2. The molecule has 2 aromatic carbocycles. The third-order valence-corrected chi connectivity index (χ3v) is 3.47. The normalized spacial score (nSPS) is 13.9. The van der Waals surface area contributed by atoms with E-state index in [0.717, 1.165) is 12.2 Å². The zero-order valence-electron chi connectivity index (χ0n) is 11.0. The van der Waals surface area contributed by atoms with E-state index >= 15 is 0 Å². The quantitative estimate of drug-likeness (QED) is 0.773. The average Bonchev–Trinajstić information content (AvgIpc) is 2.98. The van der Waals surface area contributed by atoms with Crippen molar-refractivity contribution in [1.82, 2.24) is 0 Å². The molecule has 3 rings (SSSR count). The molecule has 94 valence electrons. The van der Waals surface area contributed by atoms with Crippen molar-refractivity contribution >= 4 is 11.1 Å². The molecule has 0 saturated heterocycles. The number of ether oxygens (including phenoxy) is 1. The molecule has 0 saturated carbocycles. The van der Waals surface area contributed by atoms with Crippen LogP contribution in [0.3, 0.4) is 0 Å². The van der Waals surface area contributed by atoms with Gasteiger partial charge in [-0.15, -0.1) is 0 Å². The molecule has 0 N–H and O–H groups in total. The van der Waals surface area contributed by atoms with Gasteiger partial charge in [0.25, 0.3) is 0 Å². The molecule has 0 fully saturated rings. The fourth-order valence-electron chi connectivity index (χ4n) is 2.38. The van der Waals surface area contributed by atoms with Crippen molar-refractivity contribution in [2.45, 2.75) is 6.42 Å². The summed E-state index contributed by atoms with van der Waals surface area (Å²) in [5.74, 6) is 0.901. The Morgan fingerprint density at radius 1 is 0.737 bits per heavy atom. The smallest absolute Gasteiger partial charge is 0.118 e. The highest BCUT2D eigenvalue weighted by Crippen LogP contribution is 2.34. The summed E-state index contributed by atoms with van der Waals surface area (Å²) in [7, 11) is 1.69. The monoisotopic (exact) mass is 248 g/mol. The Hall–Kier alpha value is -2.28. The van der Waals surface area contributed by atoms with E-state index in [4.69, 9.17) is 4.74 Å². The van der Waals surface area contributed by atoms with Gasteiger partial charge in [-0.05, 0) is 40.8 Å². The molecule has 0 bridgehead atoms. The summed E-state index contributed by atoms with van der Waals surface area (Å²) < 4.78 is 5.19. The van der Waals surface area contributed by atoms with Gasteiger partial charge < -0.3 is 4.74 Å². The van der Waals surface area contributed by atoms with Gasteiger partial charge in [-0.1, -0.05) is 54.6 Å². The fourth-order valence-corrected chi connectivity index (χ4v) is 2.38. The maximum atomic E-state index is 5.19. The van der Waals surface area contributed by atoms with Gasteiger partial charge in [0, 0.05) is 0 Å². The van der Waals surface area contributed by atoms with E-state index in [1.165, 1.54) is 22.3 Å². The van der Waals surface area contributed by atoms with Crippen LogP contribution in [0.25, 0.3) is 11.1 Å². The molecule has 0 aliphatic heterocycles. The molecule has 2 aromatic rings. The minimum absolute atomic E-state index is 0.901. The van der Waals surface area contributed by atoms with Gasteiger partial charge in [-0.3, -0.25) is 0 Å². The Bertz CT molecular complexity index is 618. The zero-order valence-corrected chi connectivity index (χ0v) is 11.0. The molecular weight excluding hydrogens is 232 g/mol. The molecule has 1 aliphatic carbocycles. The molecule has 0 aromatic heterocycles. The number of allylic oxidation sites excluding steroid dienone is 4. The van der Waals surface area contributed by atoms with E-state index in [1.807, 2.05) is 12.1 Å². The van der Waals surface area contributed by atoms with E-state index in [9.17, 15) is 0 Å². The van der Waals surface area contributed by atoms with E-state index in [-0.39, 0.29) is 0 Å². The zero-order chi connectivity index (χ0) is 13.1. The van der Waals surface area contributed by atoms with Crippen molar-refractivity contribution in [3.8, 4) is 5.75 Å². The van der Waals surface area contributed by atoms with Crippen molar-refractivity contribution in [2.24, 2.45) is 0 Å². The summed E-state index contributed by atoms with van der Waals surface area (Å²) in [6, 6.07) is 18.8. The predicted molar refractivity (Wildman–Crippen MR) is 80.0 cm³/mol. The molecule has 0 unspecified atom stereocenters. The third kappa shape index (κ3) is 2.45. The van der Waals surface area contributed by atoms with Crippen molar-refractivity contribution in [3.63, 3.8) is 0 Å². The lowest BCUT2D eigenvalue weighted by Gasteiger charge is -2.07. The van der Waals surface area contributed by atoms with Gasteiger partial charge in [-0.25, -0.2) is 0 Å². The van der Waals surface area contributed by atoms with Crippen LogP contribution in [0, 0.1) is 0 Å². The van der Waals surface area contributed by atoms with Gasteiger partial charge in [0.15, 0.2) is 0 Å². The Balaban J connectivity index is 1.77. The molecule has 0 spiro atoms. The molecule has 0 atom stereocenters. The summed E-state index contributed by atoms with van der Waals surface area (Å²) in [6.45, 7) is 0. The molecular formula is C18H16O. The first kappa shape index (κ1) is 11.8. The average molecular weight is 248 g/mol. The van der Waals surface area contributed by atoms with Gasteiger partial charge in [-0.2, -0.15) is 0 Å². The van der Waals surface area contributed by atoms with Crippen LogP contribution < -0.4 is 4.74 Å². The first-order valence-corrected chi connectivity index (χ1v) is 6.46. The molecule has 0 heterocycles. The summed E-state index contributed by atoms with van der Waals surface area (Å²) in [5.41, 5.74) is 5.32. The van der Waals surface area contributed by atoms with Crippen molar-refractivity contribution in [3.05, 3.63) is 77.9 Å². The lowest BCUT2D eigenvalue weighted by atomic mass is 9.99. The minimum Gasteiger partial charge on any atom is -0.497 e. The van der Waals surface area contributed by atoms with Crippen molar-refractivity contribution < 1.29 is 4.74 Å². The number of hydrogen-bond acceptors (Lipinski definition) is 1. The van der Waals surface area contributed by atoms with Crippen LogP contribution in [0.1, 0.15) is 17.5 Å². The van der Waals surface area contributed by atoms with Crippen molar-refractivity contribution in [2.75, 3.05) is 7.11 Å². The lowest BCUT2D eigenvalue weighted by molar-refractivity contribution is 0.415. The highest BCUT2D eigenvalue weighted by Gasteiger charge is 2.11. The van der Waals surface area contributed by atoms with Crippen molar-refractivity contribution in [1.29, 1.82) is 0 Å². The molecule has 0 amide bonds. The van der Waals surface area contributed by atoms with E-state index in [0.29, 0.717) is 0 Å². The van der Waals surface area contributed by atoms with Crippen LogP contribution in [0.15, 0.2) is 66.7 Å². The topological polar surface area (TPSA) is 9.23 Å². The summed E-state index contributed by atoms with van der Waals surface area (Å²) >= 11 is 0. The maximum absolute atomic E-state index is 5.19. The second-order valence-corrected chi connectivity index (χ2v) is 4.66. The molecule has 19 heavy (non-hydrogen) atoms. The van der Waals surface area contributed by atoms with Crippen LogP contribution in [-0.2, 0) is 0 Å². The largest absolute Gasteiger partial charge is 0.497 e. The maximum Gasteiger partial charge on any atom is 0.118 e. The van der Waals surface area contributed by atoms with Gasteiger partial charge in [0.05, 0.1) is 7.11 Å². The number of rotatable bonds is 3. The second-order valence-electron chi connectivity index (χ2n) is 4.66. The van der Waals surface area contributed by atoms with E-state index in [2.05, 4.69) is 54.6 Å². The highest BCUT2D eigenvalue weighted by atomic mass is 16.5. The summed E-state index contributed by atoms with van der Waals surface area (Å²) in [6.07, 6.45) is 5.43. The van der Waals surface area contributed by atoms with E-state index in [1.54, 1.807) is 7.11 Å². The molecule has 1 nitrogen and oxygen atoms in total. The first-order chi connectivity index (χ1) is 9.36. The highest BCUT2D eigenvalue weighted by molar-refractivity contribution is 5.86. The second kappa shape index (κ2) is 5.15. The number of methoxy groups -OCH3 is 1. The molecule has 1 heteroatoms. The summed E-state index contributed by atoms with van der Waals surface area (Å²) in [5, 5.41) is 0. The van der Waals surface area contributed by atoms with Gasteiger partial charge in [0.1, 0.15) is 5.75 Å². The Morgan fingerprint density at radius 2 is 1.32 bits per heavy atom. The number of hydrogen-bond donors (Lipinski definition) is 0. The SMILES string of the molecule is COc1ccc(C2=CC=C(c3ccccc3)C2)cc1. The van der Waals surface area contributed by atoms with Gasteiger partial charge in [0.2, 0.25) is 0 Å².